The summed E-state index contributed by atoms with van der Waals surface area (Å²) in [5.41, 5.74) is 1.86. The molecule has 0 saturated carbocycles. The minimum atomic E-state index is 0.792. The molecule has 0 aliphatic rings. The van der Waals surface area contributed by atoms with Crippen molar-refractivity contribution in [1.29, 1.82) is 0 Å². The smallest absolute Gasteiger partial charge is 0.149 e. The SMILES string of the molecule is Brc1nc2c3ccccc3ncn2c1Br. The van der Waals surface area contributed by atoms with Gasteiger partial charge in [0, 0.05) is 5.39 Å². The van der Waals surface area contributed by atoms with Gasteiger partial charge in [0.1, 0.15) is 21.2 Å². The van der Waals surface area contributed by atoms with E-state index in [1.54, 1.807) is 6.33 Å². The topological polar surface area (TPSA) is 30.2 Å². The number of imidazole rings is 1. The zero-order valence-corrected chi connectivity index (χ0v) is 10.7. The Labute approximate surface area is 102 Å². The van der Waals surface area contributed by atoms with Crippen molar-refractivity contribution < 1.29 is 0 Å². The quantitative estimate of drug-likeness (QED) is 0.633. The Bertz CT molecular complexity index is 660. The van der Waals surface area contributed by atoms with E-state index in [0.29, 0.717) is 0 Å². The molecule has 74 valence electrons. The molecule has 0 fully saturated rings. The number of aromatic nitrogens is 3. The van der Waals surface area contributed by atoms with Crippen molar-refractivity contribution in [3.05, 3.63) is 39.8 Å². The molecule has 3 aromatic rings. The predicted octanol–water partition coefficient (Wildman–Crippen LogP) is 3.41. The molecule has 0 spiro atoms. The average molecular weight is 327 g/mol. The Kier molecular flexibility index (Phi) is 2.03. The van der Waals surface area contributed by atoms with Crippen molar-refractivity contribution in [2.24, 2.45) is 0 Å². The number of nitrogens with zero attached hydrogens (tertiary/aromatic N) is 3. The van der Waals surface area contributed by atoms with Gasteiger partial charge in [-0.05, 0) is 44.0 Å². The van der Waals surface area contributed by atoms with Gasteiger partial charge in [0.15, 0.2) is 0 Å². The number of hydrogen-bond donors (Lipinski definition) is 0. The van der Waals surface area contributed by atoms with Gasteiger partial charge in [-0.25, -0.2) is 9.97 Å². The Morgan fingerprint density at radius 1 is 1.13 bits per heavy atom. The monoisotopic (exact) mass is 325 g/mol. The highest BCUT2D eigenvalue weighted by Gasteiger charge is 2.09. The zero-order valence-electron chi connectivity index (χ0n) is 7.48. The second-order valence-corrected chi connectivity index (χ2v) is 4.65. The molecule has 0 radical (unpaired) electrons. The molecular weight excluding hydrogens is 322 g/mol. The Morgan fingerprint density at radius 3 is 2.80 bits per heavy atom. The van der Waals surface area contributed by atoms with E-state index in [4.69, 9.17) is 0 Å². The lowest BCUT2D eigenvalue weighted by Crippen LogP contribution is -1.89. The number of rotatable bonds is 0. The van der Waals surface area contributed by atoms with Gasteiger partial charge in [-0.3, -0.25) is 4.40 Å². The maximum absolute atomic E-state index is 4.43. The summed E-state index contributed by atoms with van der Waals surface area (Å²) < 4.78 is 3.59. The molecular formula is C10H5Br2N3. The second-order valence-electron chi connectivity index (χ2n) is 3.15. The van der Waals surface area contributed by atoms with Gasteiger partial charge in [-0.15, -0.1) is 0 Å². The molecule has 3 rings (SSSR count). The third-order valence-electron chi connectivity index (χ3n) is 2.27. The first kappa shape index (κ1) is 9.30. The van der Waals surface area contributed by atoms with Crippen LogP contribution in [-0.4, -0.2) is 14.4 Å². The van der Waals surface area contributed by atoms with Gasteiger partial charge >= 0.3 is 0 Å². The summed E-state index contributed by atoms with van der Waals surface area (Å²) in [6.07, 6.45) is 1.76. The summed E-state index contributed by atoms with van der Waals surface area (Å²) in [5.74, 6) is 0. The predicted molar refractivity (Wildman–Crippen MR) is 65.9 cm³/mol. The van der Waals surface area contributed by atoms with Crippen molar-refractivity contribution in [2.75, 3.05) is 0 Å². The van der Waals surface area contributed by atoms with E-state index in [1.165, 1.54) is 0 Å². The van der Waals surface area contributed by atoms with Gasteiger partial charge in [-0.1, -0.05) is 12.1 Å². The van der Waals surface area contributed by atoms with Gasteiger partial charge in [-0.2, -0.15) is 0 Å². The minimum Gasteiger partial charge on any atom is -0.276 e. The summed E-state index contributed by atoms with van der Waals surface area (Å²) >= 11 is 6.84. The van der Waals surface area contributed by atoms with Crippen LogP contribution in [0.15, 0.2) is 39.8 Å². The first-order valence-corrected chi connectivity index (χ1v) is 5.93. The largest absolute Gasteiger partial charge is 0.276 e. The standard InChI is InChI=1S/C10H5Br2N3/c11-8-9(12)15-5-13-7-4-2-1-3-6(7)10(15)14-8/h1-5H. The first-order chi connectivity index (χ1) is 7.27. The molecule has 0 N–H and O–H groups in total. The number of fused-ring (bicyclic) bond motifs is 3. The molecule has 3 nitrogen and oxygen atoms in total. The number of halogens is 2. The molecule has 0 unspecified atom stereocenters. The highest BCUT2D eigenvalue weighted by Crippen LogP contribution is 2.26. The molecule has 0 saturated heterocycles. The van der Waals surface area contributed by atoms with Crippen LogP contribution in [0.4, 0.5) is 0 Å². The van der Waals surface area contributed by atoms with Crippen LogP contribution >= 0.6 is 31.9 Å². The van der Waals surface area contributed by atoms with Gasteiger partial charge in [0.2, 0.25) is 0 Å². The summed E-state index contributed by atoms with van der Waals surface area (Å²) in [4.78, 5) is 8.79. The van der Waals surface area contributed by atoms with Crippen LogP contribution in [-0.2, 0) is 0 Å². The third-order valence-corrected chi connectivity index (χ3v) is 4.11. The van der Waals surface area contributed by atoms with E-state index in [-0.39, 0.29) is 0 Å². The molecule has 0 amide bonds. The highest BCUT2D eigenvalue weighted by atomic mass is 79.9. The van der Waals surface area contributed by atoms with Crippen LogP contribution in [0.2, 0.25) is 0 Å². The molecule has 5 heteroatoms. The lowest BCUT2D eigenvalue weighted by molar-refractivity contribution is 1.09. The van der Waals surface area contributed by atoms with Crippen molar-refractivity contribution in [2.45, 2.75) is 0 Å². The number of benzene rings is 1. The van der Waals surface area contributed by atoms with Crippen molar-refractivity contribution in [3.8, 4) is 0 Å². The van der Waals surface area contributed by atoms with Crippen LogP contribution in [0, 0.1) is 0 Å². The fourth-order valence-electron chi connectivity index (χ4n) is 1.58. The van der Waals surface area contributed by atoms with Crippen molar-refractivity contribution in [3.63, 3.8) is 0 Å². The fourth-order valence-corrected chi connectivity index (χ4v) is 2.28. The van der Waals surface area contributed by atoms with E-state index in [1.807, 2.05) is 28.7 Å². The normalized spacial score (nSPS) is 11.3. The van der Waals surface area contributed by atoms with E-state index in [2.05, 4.69) is 41.8 Å². The van der Waals surface area contributed by atoms with Gasteiger partial charge < -0.3 is 0 Å². The molecule has 15 heavy (non-hydrogen) atoms. The van der Waals surface area contributed by atoms with Crippen LogP contribution in [0.5, 0.6) is 0 Å². The number of para-hydroxylation sites is 1. The van der Waals surface area contributed by atoms with E-state index < -0.39 is 0 Å². The van der Waals surface area contributed by atoms with Crippen LogP contribution in [0.1, 0.15) is 0 Å². The number of hydrogen-bond acceptors (Lipinski definition) is 2. The third kappa shape index (κ3) is 1.30. The minimum absolute atomic E-state index is 0.792. The fraction of sp³-hybridized carbons (Fsp3) is 0. The van der Waals surface area contributed by atoms with Crippen LogP contribution in [0.25, 0.3) is 16.6 Å². The van der Waals surface area contributed by atoms with E-state index in [0.717, 1.165) is 25.8 Å². The first-order valence-electron chi connectivity index (χ1n) is 4.34. The van der Waals surface area contributed by atoms with E-state index >= 15 is 0 Å². The van der Waals surface area contributed by atoms with Crippen molar-refractivity contribution >= 4 is 48.4 Å². The molecule has 1 aromatic carbocycles. The van der Waals surface area contributed by atoms with Gasteiger partial charge in [0.25, 0.3) is 0 Å². The highest BCUT2D eigenvalue weighted by molar-refractivity contribution is 9.13. The zero-order chi connectivity index (χ0) is 10.4. The van der Waals surface area contributed by atoms with Crippen LogP contribution < -0.4 is 0 Å². The summed E-state index contributed by atoms with van der Waals surface area (Å²) in [6, 6.07) is 7.95. The molecule has 0 aliphatic carbocycles. The Balaban J connectivity index is 2.60. The summed E-state index contributed by atoms with van der Waals surface area (Å²) in [7, 11) is 0. The summed E-state index contributed by atoms with van der Waals surface area (Å²) in [6.45, 7) is 0. The van der Waals surface area contributed by atoms with Crippen LogP contribution in [0.3, 0.4) is 0 Å². The molecule has 2 aromatic heterocycles. The average Bonchev–Trinajstić information content (AvgIpc) is 2.56. The molecule has 0 atom stereocenters. The Morgan fingerprint density at radius 2 is 1.93 bits per heavy atom. The maximum atomic E-state index is 4.43. The molecule has 2 heterocycles. The second kappa shape index (κ2) is 3.28. The maximum Gasteiger partial charge on any atom is 0.149 e. The molecule has 0 aliphatic heterocycles. The summed E-state index contributed by atoms with van der Waals surface area (Å²) in [5, 5.41) is 1.05. The lowest BCUT2D eigenvalue weighted by Gasteiger charge is -1.98. The van der Waals surface area contributed by atoms with Gasteiger partial charge in [0.05, 0.1) is 5.52 Å². The molecule has 0 bridgehead atoms. The lowest BCUT2D eigenvalue weighted by atomic mass is 10.2. The van der Waals surface area contributed by atoms with Crippen molar-refractivity contribution in [1.82, 2.24) is 14.4 Å². The van der Waals surface area contributed by atoms with E-state index in [9.17, 15) is 0 Å². The Hall–Kier alpha value is -0.940.